The molecule has 0 bridgehead atoms. The molecule has 0 aliphatic heterocycles. The van der Waals surface area contributed by atoms with Gasteiger partial charge >= 0.3 is 0 Å². The molecule has 0 spiro atoms. The van der Waals surface area contributed by atoms with Crippen molar-refractivity contribution in [2.45, 2.75) is 32.8 Å². The normalized spacial score (nSPS) is 18.3. The van der Waals surface area contributed by atoms with Gasteiger partial charge in [-0.15, -0.1) is 0 Å². The molecule has 7 heteroatoms. The van der Waals surface area contributed by atoms with Crippen LogP contribution in [0.3, 0.4) is 0 Å². The summed E-state index contributed by atoms with van der Waals surface area (Å²) in [5.74, 6) is 0. The molecule has 0 atom stereocenters. The largest absolute Gasteiger partial charge is 0.393 e. The molecule has 1 saturated carbocycles. The van der Waals surface area contributed by atoms with Crippen LogP contribution in [0, 0.1) is 0 Å². The number of rotatable bonds is 4. The van der Waals surface area contributed by atoms with E-state index in [0.717, 1.165) is 0 Å². The third kappa shape index (κ3) is 2.31. The van der Waals surface area contributed by atoms with Crippen molar-refractivity contribution in [3.63, 3.8) is 0 Å². The summed E-state index contributed by atoms with van der Waals surface area (Å²) in [6.07, 6.45) is -1.57. The van der Waals surface area contributed by atoms with Gasteiger partial charge in [-0.3, -0.25) is 0 Å². The molecule has 2 aromatic carbocycles. The molecule has 0 saturated heterocycles. The summed E-state index contributed by atoms with van der Waals surface area (Å²) in [6.45, 7) is 0. The predicted molar refractivity (Wildman–Crippen MR) is 85.2 cm³/mol. The summed E-state index contributed by atoms with van der Waals surface area (Å²) in [7, 11) is -8.30. The highest BCUT2D eigenvalue weighted by Crippen LogP contribution is 2.49. The van der Waals surface area contributed by atoms with E-state index in [0.29, 0.717) is 0 Å². The van der Waals surface area contributed by atoms with Crippen molar-refractivity contribution in [1.82, 2.24) is 0 Å². The Kier molecular flexibility index (Phi) is 3.82. The van der Waals surface area contributed by atoms with Gasteiger partial charge in [0.2, 0.25) is 0 Å². The van der Waals surface area contributed by atoms with Crippen LogP contribution < -0.4 is 0 Å². The van der Waals surface area contributed by atoms with E-state index in [9.17, 15) is 21.9 Å². The van der Waals surface area contributed by atoms with Crippen molar-refractivity contribution in [2.24, 2.45) is 0 Å². The highest BCUT2D eigenvalue weighted by molar-refractivity contribution is 8.10. The molecule has 1 aliphatic carbocycles. The first-order valence-electron chi connectivity index (χ1n) is 7.09. The van der Waals surface area contributed by atoms with E-state index < -0.39 is 29.9 Å². The smallest absolute Gasteiger partial charge is 0.199 e. The molecule has 5 nitrogen and oxygen atoms in total. The molecular weight excluding hydrogens is 336 g/mol. The van der Waals surface area contributed by atoms with Gasteiger partial charge in [-0.05, 0) is 24.3 Å². The van der Waals surface area contributed by atoms with E-state index in [2.05, 4.69) is 0 Å². The van der Waals surface area contributed by atoms with Crippen molar-refractivity contribution >= 4 is 19.7 Å². The van der Waals surface area contributed by atoms with E-state index in [1.807, 2.05) is 0 Å². The number of aliphatic hydroxyl groups excluding tert-OH is 1. The van der Waals surface area contributed by atoms with Crippen molar-refractivity contribution in [3.8, 4) is 0 Å². The number of hydrogen-bond acceptors (Lipinski definition) is 5. The molecule has 0 heterocycles. The van der Waals surface area contributed by atoms with Gasteiger partial charge < -0.3 is 5.11 Å². The Labute approximate surface area is 135 Å². The molecule has 1 aliphatic rings. The molecule has 2 aromatic rings. The lowest BCUT2D eigenvalue weighted by atomic mass is 9.95. The predicted octanol–water partition coefficient (Wildman–Crippen LogP) is 1.79. The average Bonchev–Trinajstić information content (AvgIpc) is 2.53. The first-order valence-corrected chi connectivity index (χ1v) is 10.1. The second-order valence-electron chi connectivity index (χ2n) is 5.61. The highest BCUT2D eigenvalue weighted by atomic mass is 32.3. The van der Waals surface area contributed by atoms with Crippen LogP contribution in [-0.4, -0.2) is 32.1 Å². The van der Waals surface area contributed by atoms with Crippen LogP contribution in [0.1, 0.15) is 12.8 Å². The highest BCUT2D eigenvalue weighted by Gasteiger charge is 2.63. The second kappa shape index (κ2) is 5.43. The fraction of sp³-hybridized carbons (Fsp3) is 0.250. The van der Waals surface area contributed by atoms with Gasteiger partial charge in [-0.1, -0.05) is 36.4 Å². The standard InChI is InChI=1S/C16H16O5S2/c17-13-11-16(12-13,22(18,19)14-7-3-1-4-8-14)23(20,21)15-9-5-2-6-10-15/h1-10,13,17H,11-12H2. The third-order valence-corrected chi connectivity index (χ3v) is 9.91. The maximum Gasteiger partial charge on any atom is 0.199 e. The van der Waals surface area contributed by atoms with Gasteiger partial charge in [0.25, 0.3) is 0 Å². The van der Waals surface area contributed by atoms with Crippen LogP contribution in [0.2, 0.25) is 0 Å². The first-order chi connectivity index (χ1) is 10.8. The average molecular weight is 352 g/mol. The molecule has 3 rings (SSSR count). The summed E-state index contributed by atoms with van der Waals surface area (Å²) in [5.41, 5.74) is 0. The number of benzene rings is 2. The lowest BCUT2D eigenvalue weighted by Crippen LogP contribution is -2.58. The molecule has 0 unspecified atom stereocenters. The fourth-order valence-electron chi connectivity index (χ4n) is 2.87. The maximum absolute atomic E-state index is 13.0. The molecule has 0 aromatic heterocycles. The van der Waals surface area contributed by atoms with Crippen molar-refractivity contribution in [2.75, 3.05) is 0 Å². The Balaban J connectivity index is 2.20. The van der Waals surface area contributed by atoms with E-state index in [1.165, 1.54) is 24.3 Å². The lowest BCUT2D eigenvalue weighted by molar-refractivity contribution is 0.0840. The Morgan fingerprint density at radius 2 is 1.09 bits per heavy atom. The van der Waals surface area contributed by atoms with Crippen LogP contribution in [0.15, 0.2) is 70.5 Å². The Bertz CT molecular complexity index is 826. The van der Waals surface area contributed by atoms with Crippen LogP contribution in [0.25, 0.3) is 0 Å². The summed E-state index contributed by atoms with van der Waals surface area (Å²) in [6, 6.07) is 15.0. The quantitative estimate of drug-likeness (QED) is 0.906. The van der Waals surface area contributed by atoms with E-state index >= 15 is 0 Å². The zero-order chi connectivity index (χ0) is 16.7. The zero-order valence-electron chi connectivity index (χ0n) is 12.2. The van der Waals surface area contributed by atoms with Crippen LogP contribution in [0.5, 0.6) is 0 Å². The molecule has 1 N–H and O–H groups in total. The second-order valence-corrected chi connectivity index (χ2v) is 10.4. The number of aliphatic hydroxyl groups is 1. The minimum absolute atomic E-state index is 0.0496. The summed E-state index contributed by atoms with van der Waals surface area (Å²) >= 11 is 0. The lowest BCUT2D eigenvalue weighted by Gasteiger charge is -2.43. The van der Waals surface area contributed by atoms with Gasteiger partial charge in [-0.25, -0.2) is 16.8 Å². The monoisotopic (exact) mass is 352 g/mol. The van der Waals surface area contributed by atoms with Gasteiger partial charge in [0, 0.05) is 12.8 Å². The fourth-order valence-corrected chi connectivity index (χ4v) is 8.14. The SMILES string of the molecule is O=S(=O)(c1ccccc1)C1(S(=O)(=O)c2ccccc2)CC(O)C1. The van der Waals surface area contributed by atoms with E-state index in [4.69, 9.17) is 0 Å². The number of hydrogen-bond donors (Lipinski definition) is 1. The van der Waals surface area contributed by atoms with Crippen molar-refractivity contribution in [3.05, 3.63) is 60.7 Å². The topological polar surface area (TPSA) is 88.5 Å². The molecule has 1 fully saturated rings. The minimum atomic E-state index is -4.15. The molecule has 0 radical (unpaired) electrons. The summed E-state index contributed by atoms with van der Waals surface area (Å²) < 4.78 is 50.0. The van der Waals surface area contributed by atoms with Crippen molar-refractivity contribution < 1.29 is 21.9 Å². The Morgan fingerprint density at radius 3 is 1.39 bits per heavy atom. The van der Waals surface area contributed by atoms with E-state index in [-0.39, 0.29) is 22.6 Å². The summed E-state index contributed by atoms with van der Waals surface area (Å²) in [5, 5.41) is 9.68. The van der Waals surface area contributed by atoms with Gasteiger partial charge in [0.05, 0.1) is 15.9 Å². The minimum Gasteiger partial charge on any atom is -0.393 e. The van der Waals surface area contributed by atoms with Crippen LogP contribution in [0.4, 0.5) is 0 Å². The molecular formula is C16H16O5S2. The first kappa shape index (κ1) is 16.2. The zero-order valence-corrected chi connectivity index (χ0v) is 13.8. The Hall–Kier alpha value is -1.70. The van der Waals surface area contributed by atoms with Crippen LogP contribution in [-0.2, 0) is 19.7 Å². The molecule has 23 heavy (non-hydrogen) atoms. The Morgan fingerprint density at radius 1 is 0.739 bits per heavy atom. The van der Waals surface area contributed by atoms with Crippen LogP contribution >= 0.6 is 0 Å². The molecule has 122 valence electrons. The van der Waals surface area contributed by atoms with Gasteiger partial charge in [-0.2, -0.15) is 0 Å². The molecule has 0 amide bonds. The number of sulfone groups is 2. The van der Waals surface area contributed by atoms with E-state index in [1.54, 1.807) is 36.4 Å². The third-order valence-electron chi connectivity index (χ3n) is 4.18. The van der Waals surface area contributed by atoms with Gasteiger partial charge in [0.1, 0.15) is 0 Å². The maximum atomic E-state index is 13.0. The van der Waals surface area contributed by atoms with Gasteiger partial charge in [0.15, 0.2) is 23.8 Å². The van der Waals surface area contributed by atoms with Crippen molar-refractivity contribution in [1.29, 1.82) is 0 Å². The summed E-state index contributed by atoms with van der Waals surface area (Å²) in [4.78, 5) is -0.0992.